The highest BCUT2D eigenvalue weighted by Gasteiger charge is 2.58. The van der Waals surface area contributed by atoms with Gasteiger partial charge in [0, 0.05) is 30.7 Å². The molecule has 6 heteroatoms. The van der Waals surface area contributed by atoms with E-state index in [1.165, 1.54) is 12.8 Å². The molecule has 6 nitrogen and oxygen atoms in total. The lowest BCUT2D eigenvalue weighted by Crippen LogP contribution is -2.64. The summed E-state index contributed by atoms with van der Waals surface area (Å²) < 4.78 is 1.87. The van der Waals surface area contributed by atoms with Crippen molar-refractivity contribution in [1.29, 1.82) is 0 Å². The van der Waals surface area contributed by atoms with Gasteiger partial charge in [-0.15, -0.1) is 0 Å². The van der Waals surface area contributed by atoms with Gasteiger partial charge in [0.1, 0.15) is 0 Å². The molecule has 0 bridgehead atoms. The Morgan fingerprint density at radius 2 is 2.20 bits per heavy atom. The number of hydrogen-bond donors (Lipinski definition) is 2. The third-order valence-electron chi connectivity index (χ3n) is 6.36. The number of rotatable bonds is 5. The summed E-state index contributed by atoms with van der Waals surface area (Å²) in [6.07, 6.45) is 7.20. The van der Waals surface area contributed by atoms with Crippen LogP contribution < -0.4 is 5.32 Å². The molecule has 4 atom stereocenters. The van der Waals surface area contributed by atoms with Gasteiger partial charge in [0.25, 0.3) is 5.91 Å². The van der Waals surface area contributed by atoms with Gasteiger partial charge >= 0.3 is 0 Å². The van der Waals surface area contributed by atoms with Crippen LogP contribution in [0, 0.1) is 17.3 Å². The Labute approximate surface area is 149 Å². The Morgan fingerprint density at radius 1 is 1.44 bits per heavy atom. The maximum atomic E-state index is 12.6. The molecule has 2 saturated carbocycles. The topological polar surface area (TPSA) is 70.4 Å². The van der Waals surface area contributed by atoms with Gasteiger partial charge in [-0.2, -0.15) is 5.10 Å². The SMILES string of the molecule is CC(C)C1N(C)CC12C[C@@H](O)[C@H](NC(=O)c1cnn(CC3CC3)c1)C2. The zero-order valence-corrected chi connectivity index (χ0v) is 15.5. The minimum absolute atomic E-state index is 0.114. The first-order valence-electron chi connectivity index (χ1n) is 9.59. The highest BCUT2D eigenvalue weighted by atomic mass is 16.3. The number of aliphatic hydroxyl groups excluding tert-OH is 1. The summed E-state index contributed by atoms with van der Waals surface area (Å²) in [7, 11) is 2.16. The predicted octanol–water partition coefficient (Wildman–Crippen LogP) is 1.50. The first-order valence-corrected chi connectivity index (χ1v) is 9.59. The van der Waals surface area contributed by atoms with Gasteiger partial charge in [0.05, 0.1) is 23.9 Å². The van der Waals surface area contributed by atoms with Gasteiger partial charge in [0.2, 0.25) is 0 Å². The lowest BCUT2D eigenvalue weighted by atomic mass is 9.66. The van der Waals surface area contributed by atoms with Crippen molar-refractivity contribution in [3.63, 3.8) is 0 Å². The van der Waals surface area contributed by atoms with Crippen LogP contribution in [0.4, 0.5) is 0 Å². The van der Waals surface area contributed by atoms with E-state index in [4.69, 9.17) is 0 Å². The molecule has 0 aromatic carbocycles. The lowest BCUT2D eigenvalue weighted by Gasteiger charge is -2.57. The number of carbonyl (C=O) groups excluding carboxylic acids is 1. The Balaban J connectivity index is 1.39. The summed E-state index contributed by atoms with van der Waals surface area (Å²) in [6.45, 7) is 6.41. The van der Waals surface area contributed by atoms with E-state index in [1.807, 2.05) is 10.9 Å². The zero-order chi connectivity index (χ0) is 17.8. The molecule has 2 N–H and O–H groups in total. The highest BCUT2D eigenvalue weighted by Crippen LogP contribution is 2.52. The Morgan fingerprint density at radius 3 is 2.84 bits per heavy atom. The molecule has 3 aliphatic rings. The summed E-state index contributed by atoms with van der Waals surface area (Å²) in [4.78, 5) is 15.0. The number of likely N-dealkylation sites (tertiary alicyclic amines) is 1. The molecule has 1 aliphatic heterocycles. The summed E-state index contributed by atoms with van der Waals surface area (Å²) in [6, 6.07) is 0.333. The number of amides is 1. The number of carbonyl (C=O) groups is 1. The zero-order valence-electron chi connectivity index (χ0n) is 15.5. The van der Waals surface area contributed by atoms with Gasteiger partial charge in [-0.1, -0.05) is 13.8 Å². The van der Waals surface area contributed by atoms with E-state index >= 15 is 0 Å². The highest BCUT2D eigenvalue weighted by molar-refractivity contribution is 5.93. The lowest BCUT2D eigenvalue weighted by molar-refractivity contribution is -0.0827. The largest absolute Gasteiger partial charge is 0.391 e. The molecular weight excluding hydrogens is 316 g/mol. The third-order valence-corrected chi connectivity index (χ3v) is 6.36. The van der Waals surface area contributed by atoms with Gasteiger partial charge in [-0.25, -0.2) is 0 Å². The van der Waals surface area contributed by atoms with Crippen molar-refractivity contribution in [2.24, 2.45) is 17.3 Å². The number of aromatic nitrogens is 2. The number of aliphatic hydroxyl groups is 1. The second-order valence-electron chi connectivity index (χ2n) is 8.92. The summed E-state index contributed by atoms with van der Waals surface area (Å²) in [5, 5.41) is 17.9. The minimum Gasteiger partial charge on any atom is -0.391 e. The fourth-order valence-electron chi connectivity index (χ4n) is 5.39. The minimum atomic E-state index is -0.458. The fourth-order valence-corrected chi connectivity index (χ4v) is 5.39. The summed E-state index contributed by atoms with van der Waals surface area (Å²) in [5.41, 5.74) is 0.746. The average molecular weight is 346 g/mol. The number of nitrogens with one attached hydrogen (secondary N) is 1. The Hall–Kier alpha value is -1.40. The van der Waals surface area contributed by atoms with Crippen LogP contribution in [0.25, 0.3) is 0 Å². The summed E-state index contributed by atoms with van der Waals surface area (Å²) in [5.74, 6) is 1.17. The normalized spacial score (nSPS) is 35.3. The monoisotopic (exact) mass is 346 g/mol. The number of hydrogen-bond acceptors (Lipinski definition) is 4. The van der Waals surface area contributed by atoms with Crippen molar-refractivity contribution in [2.75, 3.05) is 13.6 Å². The van der Waals surface area contributed by atoms with E-state index < -0.39 is 6.10 Å². The van der Waals surface area contributed by atoms with E-state index in [-0.39, 0.29) is 17.4 Å². The average Bonchev–Trinajstić information content (AvgIpc) is 3.08. The molecule has 1 spiro atoms. The van der Waals surface area contributed by atoms with Crippen molar-refractivity contribution in [2.45, 2.75) is 64.3 Å². The van der Waals surface area contributed by atoms with Crippen LogP contribution in [0.3, 0.4) is 0 Å². The summed E-state index contributed by atoms with van der Waals surface area (Å²) >= 11 is 0. The molecule has 0 radical (unpaired) electrons. The quantitative estimate of drug-likeness (QED) is 0.848. The molecule has 3 fully saturated rings. The van der Waals surface area contributed by atoms with Crippen LogP contribution in [-0.2, 0) is 6.54 Å². The molecule has 2 heterocycles. The molecule has 4 rings (SSSR count). The molecule has 1 amide bonds. The molecule has 138 valence electrons. The maximum Gasteiger partial charge on any atom is 0.254 e. The maximum absolute atomic E-state index is 12.6. The molecule has 2 aliphatic carbocycles. The smallest absolute Gasteiger partial charge is 0.254 e. The molecule has 1 aromatic heterocycles. The first kappa shape index (κ1) is 17.0. The van der Waals surface area contributed by atoms with E-state index in [0.717, 1.165) is 31.8 Å². The standard InChI is InChI=1S/C19H30N4O2/c1-12(2)17-19(11-22(17)3)6-15(16(24)7-19)21-18(25)14-8-20-23(10-14)9-13-4-5-13/h8,10,12-13,15-17,24H,4-7,9,11H2,1-3H3,(H,21,25)/t15-,16-,17?,19?/m1/s1. The van der Waals surface area contributed by atoms with Crippen molar-refractivity contribution in [3.05, 3.63) is 18.0 Å². The van der Waals surface area contributed by atoms with E-state index in [2.05, 4.69) is 36.2 Å². The van der Waals surface area contributed by atoms with Gasteiger partial charge in [-0.3, -0.25) is 9.48 Å². The first-order chi connectivity index (χ1) is 11.9. The van der Waals surface area contributed by atoms with Crippen LogP contribution in [0.15, 0.2) is 12.4 Å². The van der Waals surface area contributed by atoms with E-state index in [9.17, 15) is 9.90 Å². The Kier molecular flexibility index (Phi) is 4.15. The van der Waals surface area contributed by atoms with Crippen LogP contribution in [0.5, 0.6) is 0 Å². The second-order valence-corrected chi connectivity index (χ2v) is 8.92. The van der Waals surface area contributed by atoms with Crippen molar-refractivity contribution in [3.8, 4) is 0 Å². The van der Waals surface area contributed by atoms with Crippen molar-refractivity contribution in [1.82, 2.24) is 20.0 Å². The Bertz CT molecular complexity index is 649. The third kappa shape index (κ3) is 3.10. The second kappa shape index (κ2) is 6.09. The van der Waals surface area contributed by atoms with Gasteiger partial charge in [-0.05, 0) is 44.6 Å². The molecule has 1 aromatic rings. The van der Waals surface area contributed by atoms with E-state index in [0.29, 0.717) is 17.5 Å². The van der Waals surface area contributed by atoms with E-state index in [1.54, 1.807) is 6.20 Å². The fraction of sp³-hybridized carbons (Fsp3) is 0.789. The van der Waals surface area contributed by atoms with Crippen LogP contribution in [0.1, 0.15) is 49.9 Å². The molecule has 1 saturated heterocycles. The predicted molar refractivity (Wildman–Crippen MR) is 95.1 cm³/mol. The van der Waals surface area contributed by atoms with Crippen LogP contribution >= 0.6 is 0 Å². The van der Waals surface area contributed by atoms with Gasteiger partial charge < -0.3 is 15.3 Å². The van der Waals surface area contributed by atoms with Crippen LogP contribution in [0.2, 0.25) is 0 Å². The molecule has 25 heavy (non-hydrogen) atoms. The molecule has 2 unspecified atom stereocenters. The van der Waals surface area contributed by atoms with Crippen LogP contribution in [-0.4, -0.2) is 57.5 Å². The van der Waals surface area contributed by atoms with Gasteiger partial charge in [0.15, 0.2) is 0 Å². The molecular formula is C19H30N4O2. The number of nitrogens with zero attached hydrogens (tertiary/aromatic N) is 3. The van der Waals surface area contributed by atoms with Crippen molar-refractivity contribution >= 4 is 5.91 Å². The van der Waals surface area contributed by atoms with Crippen molar-refractivity contribution < 1.29 is 9.90 Å².